The van der Waals surface area contributed by atoms with E-state index in [1.807, 2.05) is 0 Å². The minimum atomic E-state index is -0.989. The summed E-state index contributed by atoms with van der Waals surface area (Å²) in [5.74, 6) is -1.31. The van der Waals surface area contributed by atoms with Gasteiger partial charge in [-0.2, -0.15) is 0 Å². The number of benzene rings is 1. The van der Waals surface area contributed by atoms with E-state index in [1.165, 1.54) is 12.1 Å². The molecule has 0 unspecified atom stereocenters. The van der Waals surface area contributed by atoms with Crippen molar-refractivity contribution in [1.82, 2.24) is 0 Å². The number of fused-ring (bicyclic) bond motifs is 1. The highest BCUT2D eigenvalue weighted by Crippen LogP contribution is 2.32. The van der Waals surface area contributed by atoms with Crippen LogP contribution in [0.1, 0.15) is 23.7 Å². The molecule has 0 fully saturated rings. The van der Waals surface area contributed by atoms with Gasteiger partial charge in [-0.15, -0.1) is 0 Å². The zero-order valence-electron chi connectivity index (χ0n) is 10.3. The first-order valence-electron chi connectivity index (χ1n) is 5.74. The Morgan fingerprint density at radius 2 is 1.95 bits per heavy atom. The van der Waals surface area contributed by atoms with Crippen LogP contribution in [0.5, 0.6) is 11.5 Å². The number of Topliss-reactive ketones (excluding diaryl/α,β-unsaturated/α-hetero) is 2. The molecule has 1 aliphatic heterocycles. The summed E-state index contributed by atoms with van der Waals surface area (Å²) in [5.41, 5.74) is 0.293. The minimum Gasteiger partial charge on any atom is -0.460 e. The van der Waals surface area contributed by atoms with Gasteiger partial charge in [0, 0.05) is 5.56 Å². The van der Waals surface area contributed by atoms with E-state index in [9.17, 15) is 14.4 Å². The van der Waals surface area contributed by atoms with Crippen LogP contribution in [-0.2, 0) is 14.3 Å². The second-order valence-electron chi connectivity index (χ2n) is 3.81. The number of ether oxygens (including phenoxy) is 3. The molecule has 0 saturated carbocycles. The third kappa shape index (κ3) is 2.90. The van der Waals surface area contributed by atoms with E-state index in [2.05, 4.69) is 4.74 Å². The van der Waals surface area contributed by atoms with Crippen LogP contribution in [-0.4, -0.2) is 30.9 Å². The monoisotopic (exact) mass is 264 g/mol. The predicted molar refractivity (Wildman–Crippen MR) is 63.2 cm³/mol. The smallest absolute Gasteiger partial charge is 0.375 e. The normalized spacial score (nSPS) is 12.1. The largest absolute Gasteiger partial charge is 0.460 e. The summed E-state index contributed by atoms with van der Waals surface area (Å²) in [6.45, 7) is 1.79. The summed E-state index contributed by atoms with van der Waals surface area (Å²) in [4.78, 5) is 34.4. The van der Waals surface area contributed by atoms with E-state index >= 15 is 0 Å². The second kappa shape index (κ2) is 5.51. The Kier molecular flexibility index (Phi) is 3.79. The molecule has 0 bridgehead atoms. The maximum atomic E-state index is 11.8. The molecule has 1 aromatic rings. The van der Waals surface area contributed by atoms with Gasteiger partial charge >= 0.3 is 5.97 Å². The van der Waals surface area contributed by atoms with Crippen LogP contribution in [0.3, 0.4) is 0 Å². The molecule has 19 heavy (non-hydrogen) atoms. The number of hydrogen-bond acceptors (Lipinski definition) is 6. The lowest BCUT2D eigenvalue weighted by Gasteiger charge is -2.02. The van der Waals surface area contributed by atoms with Gasteiger partial charge in [0.1, 0.15) is 0 Å². The van der Waals surface area contributed by atoms with Gasteiger partial charge in [-0.25, -0.2) is 4.79 Å². The highest BCUT2D eigenvalue weighted by molar-refractivity contribution is 6.38. The van der Waals surface area contributed by atoms with E-state index in [4.69, 9.17) is 9.47 Å². The van der Waals surface area contributed by atoms with Gasteiger partial charge in [-0.1, -0.05) is 0 Å². The highest BCUT2D eigenvalue weighted by atomic mass is 16.7. The molecule has 2 rings (SSSR count). The summed E-state index contributed by atoms with van der Waals surface area (Å²) in [6, 6.07) is 4.60. The standard InChI is InChI=1S/C13H12O6/c1-2-17-13(16)10(15)6-9(14)8-3-4-11-12(5-8)19-7-18-11/h3-5H,2,6-7H2,1H3. The zero-order chi connectivity index (χ0) is 13.8. The first kappa shape index (κ1) is 13.1. The molecule has 1 aliphatic rings. The first-order valence-corrected chi connectivity index (χ1v) is 5.74. The number of carbonyl (C=O) groups is 3. The lowest BCUT2D eigenvalue weighted by molar-refractivity contribution is -0.153. The average molecular weight is 264 g/mol. The summed E-state index contributed by atoms with van der Waals surface area (Å²) < 4.78 is 14.8. The fraction of sp³-hybridized carbons (Fsp3) is 0.308. The molecular formula is C13H12O6. The lowest BCUT2D eigenvalue weighted by atomic mass is 10.1. The van der Waals surface area contributed by atoms with E-state index in [0.717, 1.165) is 0 Å². The Labute approximate surface area is 109 Å². The second-order valence-corrected chi connectivity index (χ2v) is 3.81. The third-order valence-electron chi connectivity index (χ3n) is 2.52. The number of ketones is 2. The summed E-state index contributed by atoms with van der Waals surface area (Å²) in [5, 5.41) is 0. The summed E-state index contributed by atoms with van der Waals surface area (Å²) >= 11 is 0. The summed E-state index contributed by atoms with van der Waals surface area (Å²) in [6.07, 6.45) is -0.515. The molecule has 1 heterocycles. The number of rotatable bonds is 5. The molecule has 100 valence electrons. The SMILES string of the molecule is CCOC(=O)C(=O)CC(=O)c1ccc2c(c1)OCO2. The van der Waals surface area contributed by atoms with E-state index in [-0.39, 0.29) is 13.4 Å². The van der Waals surface area contributed by atoms with Crippen molar-refractivity contribution in [1.29, 1.82) is 0 Å². The van der Waals surface area contributed by atoms with Crippen LogP contribution >= 0.6 is 0 Å². The van der Waals surface area contributed by atoms with Crippen LogP contribution < -0.4 is 9.47 Å². The van der Waals surface area contributed by atoms with Crippen LogP contribution in [0.4, 0.5) is 0 Å². The Morgan fingerprint density at radius 3 is 2.68 bits per heavy atom. The van der Waals surface area contributed by atoms with Gasteiger partial charge in [-0.3, -0.25) is 9.59 Å². The fourth-order valence-electron chi connectivity index (χ4n) is 1.60. The molecule has 6 nitrogen and oxygen atoms in total. The summed E-state index contributed by atoms with van der Waals surface area (Å²) in [7, 11) is 0. The minimum absolute atomic E-state index is 0.1000. The van der Waals surface area contributed by atoms with Crippen molar-refractivity contribution in [2.75, 3.05) is 13.4 Å². The fourth-order valence-corrected chi connectivity index (χ4v) is 1.60. The van der Waals surface area contributed by atoms with Gasteiger partial charge in [0.05, 0.1) is 13.0 Å². The maximum absolute atomic E-state index is 11.8. The maximum Gasteiger partial charge on any atom is 0.375 e. The van der Waals surface area contributed by atoms with Crippen molar-refractivity contribution in [3.8, 4) is 11.5 Å². The molecule has 6 heteroatoms. The molecule has 0 radical (unpaired) electrons. The quantitative estimate of drug-likeness (QED) is 0.343. The predicted octanol–water partition coefficient (Wildman–Crippen LogP) is 1.12. The van der Waals surface area contributed by atoms with Crippen molar-refractivity contribution < 1.29 is 28.6 Å². The molecule has 0 amide bonds. The van der Waals surface area contributed by atoms with Gasteiger partial charge in [0.2, 0.25) is 12.6 Å². The van der Waals surface area contributed by atoms with E-state index in [1.54, 1.807) is 13.0 Å². The zero-order valence-corrected chi connectivity index (χ0v) is 10.3. The molecule has 0 aromatic heterocycles. The van der Waals surface area contributed by atoms with Crippen molar-refractivity contribution in [3.05, 3.63) is 23.8 Å². The molecule has 0 atom stereocenters. The van der Waals surface area contributed by atoms with Crippen LogP contribution in [0.2, 0.25) is 0 Å². The van der Waals surface area contributed by atoms with Crippen LogP contribution in [0.15, 0.2) is 18.2 Å². The Balaban J connectivity index is 2.04. The Bertz CT molecular complexity index is 534. The number of hydrogen-bond donors (Lipinski definition) is 0. The van der Waals surface area contributed by atoms with Gasteiger partial charge in [-0.05, 0) is 25.1 Å². The molecular weight excluding hydrogens is 252 g/mol. The first-order chi connectivity index (χ1) is 9.11. The Hall–Kier alpha value is -2.37. The highest BCUT2D eigenvalue weighted by Gasteiger charge is 2.22. The third-order valence-corrected chi connectivity index (χ3v) is 2.52. The topological polar surface area (TPSA) is 78.9 Å². The van der Waals surface area contributed by atoms with Gasteiger partial charge in [0.25, 0.3) is 0 Å². The van der Waals surface area contributed by atoms with E-state index < -0.39 is 24.0 Å². The molecule has 0 spiro atoms. The average Bonchev–Trinajstić information content (AvgIpc) is 2.85. The van der Waals surface area contributed by atoms with Gasteiger partial charge < -0.3 is 14.2 Å². The van der Waals surface area contributed by atoms with Crippen molar-refractivity contribution in [2.24, 2.45) is 0 Å². The van der Waals surface area contributed by atoms with E-state index in [0.29, 0.717) is 17.1 Å². The molecule has 0 N–H and O–H groups in total. The van der Waals surface area contributed by atoms with Crippen molar-refractivity contribution in [3.63, 3.8) is 0 Å². The van der Waals surface area contributed by atoms with Gasteiger partial charge in [0.15, 0.2) is 17.3 Å². The lowest BCUT2D eigenvalue weighted by Crippen LogP contribution is -2.20. The number of esters is 1. The molecule has 1 aromatic carbocycles. The van der Waals surface area contributed by atoms with Crippen molar-refractivity contribution in [2.45, 2.75) is 13.3 Å². The van der Waals surface area contributed by atoms with Crippen LogP contribution in [0, 0.1) is 0 Å². The van der Waals surface area contributed by atoms with Crippen molar-refractivity contribution >= 4 is 17.5 Å². The molecule has 0 aliphatic carbocycles. The molecule has 0 saturated heterocycles. The number of carbonyl (C=O) groups excluding carboxylic acids is 3. The Morgan fingerprint density at radius 1 is 1.21 bits per heavy atom. The van der Waals surface area contributed by atoms with Crippen LogP contribution in [0.25, 0.3) is 0 Å².